The molecule has 27 heavy (non-hydrogen) atoms. The quantitative estimate of drug-likeness (QED) is 0.768. The van der Waals surface area contributed by atoms with E-state index in [9.17, 15) is 9.90 Å². The molecular formula is C21H31NO5. The standard InChI is InChI=1S/C21H31NO5/c1-19-7-5-8-20(2,25-3)21(19,24)10-15-16(18(23)27-17(15)11-19)13-22-12-14-6-4-9-26-14/h4,6,9,15-17,22,24H,5,7-8,10-13H2,1-3H3/t15-,16+,17-,19-,20-,21+/m1/s1. The second-order valence-electron chi connectivity index (χ2n) is 9.07. The van der Waals surface area contributed by atoms with E-state index < -0.39 is 11.2 Å². The molecule has 0 radical (unpaired) electrons. The first-order valence-corrected chi connectivity index (χ1v) is 10.0. The van der Waals surface area contributed by atoms with Gasteiger partial charge in [0.15, 0.2) is 0 Å². The average Bonchev–Trinajstić information content (AvgIpc) is 3.23. The third-order valence-electron chi connectivity index (χ3n) is 7.70. The SMILES string of the molecule is CO[C@]1(C)CCC[C@]2(C)C[C@H]3OC(=O)[C@@H](CNCc4ccco4)[C@H]3C[C@]21O. The normalized spacial score (nSPS) is 43.9. The van der Waals surface area contributed by atoms with E-state index in [1.165, 1.54) is 0 Å². The fourth-order valence-corrected chi connectivity index (χ4v) is 5.88. The van der Waals surface area contributed by atoms with E-state index in [0.29, 0.717) is 25.9 Å². The van der Waals surface area contributed by atoms with E-state index in [2.05, 4.69) is 12.2 Å². The molecule has 1 aliphatic heterocycles. The number of carbonyl (C=O) groups is 1. The summed E-state index contributed by atoms with van der Waals surface area (Å²) in [5, 5.41) is 15.2. The lowest BCUT2D eigenvalue weighted by Crippen LogP contribution is -2.69. The van der Waals surface area contributed by atoms with Gasteiger partial charge in [0.2, 0.25) is 0 Å². The number of methoxy groups -OCH3 is 1. The van der Waals surface area contributed by atoms with Crippen LogP contribution in [-0.2, 0) is 20.8 Å². The van der Waals surface area contributed by atoms with Crippen LogP contribution in [0.4, 0.5) is 0 Å². The summed E-state index contributed by atoms with van der Waals surface area (Å²) in [5.74, 6) is 0.447. The van der Waals surface area contributed by atoms with Gasteiger partial charge in [0.05, 0.1) is 29.9 Å². The van der Waals surface area contributed by atoms with Crippen LogP contribution in [0.2, 0.25) is 0 Å². The number of fused-ring (bicyclic) bond motifs is 2. The van der Waals surface area contributed by atoms with Gasteiger partial charge in [-0.25, -0.2) is 0 Å². The molecular weight excluding hydrogens is 346 g/mol. The van der Waals surface area contributed by atoms with Crippen molar-refractivity contribution in [1.29, 1.82) is 0 Å². The molecule has 0 aromatic carbocycles. The maximum Gasteiger partial charge on any atom is 0.310 e. The Morgan fingerprint density at radius 3 is 2.85 bits per heavy atom. The van der Waals surface area contributed by atoms with Gasteiger partial charge in [0, 0.05) is 25.0 Å². The minimum absolute atomic E-state index is 0.00671. The Kier molecular flexibility index (Phi) is 4.64. The van der Waals surface area contributed by atoms with Crippen LogP contribution in [0.3, 0.4) is 0 Å². The van der Waals surface area contributed by atoms with Crippen LogP contribution in [0, 0.1) is 17.3 Å². The predicted molar refractivity (Wildman–Crippen MR) is 98.8 cm³/mol. The number of ether oxygens (including phenoxy) is 2. The van der Waals surface area contributed by atoms with Crippen molar-refractivity contribution in [3.05, 3.63) is 24.2 Å². The third kappa shape index (κ3) is 2.84. The smallest absolute Gasteiger partial charge is 0.310 e. The first kappa shape index (κ1) is 19.0. The van der Waals surface area contributed by atoms with Crippen LogP contribution in [-0.4, -0.2) is 42.0 Å². The number of hydrogen-bond donors (Lipinski definition) is 2. The highest BCUT2D eigenvalue weighted by Gasteiger charge is 2.67. The molecule has 0 unspecified atom stereocenters. The number of furan rings is 1. The summed E-state index contributed by atoms with van der Waals surface area (Å²) in [5.41, 5.74) is -1.85. The molecule has 3 aliphatic rings. The second-order valence-corrected chi connectivity index (χ2v) is 9.07. The topological polar surface area (TPSA) is 80.9 Å². The van der Waals surface area contributed by atoms with E-state index in [1.807, 2.05) is 19.1 Å². The lowest BCUT2D eigenvalue weighted by Gasteiger charge is -2.62. The van der Waals surface area contributed by atoms with E-state index in [0.717, 1.165) is 25.0 Å². The molecule has 0 spiro atoms. The zero-order valence-corrected chi connectivity index (χ0v) is 16.5. The monoisotopic (exact) mass is 377 g/mol. The van der Waals surface area contributed by atoms with Crippen molar-refractivity contribution in [3.8, 4) is 0 Å². The van der Waals surface area contributed by atoms with Crippen molar-refractivity contribution in [2.45, 2.75) is 69.8 Å². The summed E-state index contributed by atoms with van der Waals surface area (Å²) in [4.78, 5) is 12.6. The first-order valence-electron chi connectivity index (χ1n) is 10.0. The molecule has 6 atom stereocenters. The zero-order chi connectivity index (χ0) is 19.3. The van der Waals surface area contributed by atoms with Crippen LogP contribution in [0.1, 0.15) is 51.7 Å². The molecule has 0 amide bonds. The highest BCUT2D eigenvalue weighted by molar-refractivity contribution is 5.75. The van der Waals surface area contributed by atoms with Crippen LogP contribution in [0.15, 0.2) is 22.8 Å². The number of aliphatic hydroxyl groups is 1. The molecule has 0 bridgehead atoms. The van der Waals surface area contributed by atoms with Crippen molar-refractivity contribution in [1.82, 2.24) is 5.32 Å². The highest BCUT2D eigenvalue weighted by atomic mass is 16.6. The van der Waals surface area contributed by atoms with Gasteiger partial charge in [-0.1, -0.05) is 6.92 Å². The molecule has 2 N–H and O–H groups in total. The maximum atomic E-state index is 12.6. The molecule has 2 aliphatic carbocycles. The van der Waals surface area contributed by atoms with Crippen LogP contribution >= 0.6 is 0 Å². The summed E-state index contributed by atoms with van der Waals surface area (Å²) >= 11 is 0. The summed E-state index contributed by atoms with van der Waals surface area (Å²) in [7, 11) is 1.69. The van der Waals surface area contributed by atoms with Gasteiger partial charge in [-0.05, 0) is 51.2 Å². The van der Waals surface area contributed by atoms with Crippen molar-refractivity contribution in [2.24, 2.45) is 17.3 Å². The molecule has 6 heteroatoms. The summed E-state index contributed by atoms with van der Waals surface area (Å²) in [6, 6.07) is 3.76. The Morgan fingerprint density at radius 2 is 2.15 bits per heavy atom. The Bertz CT molecular complexity index is 691. The number of hydrogen-bond acceptors (Lipinski definition) is 6. The number of nitrogens with one attached hydrogen (secondary N) is 1. The molecule has 150 valence electrons. The average molecular weight is 377 g/mol. The van der Waals surface area contributed by atoms with Crippen molar-refractivity contribution in [2.75, 3.05) is 13.7 Å². The lowest BCUT2D eigenvalue weighted by molar-refractivity contribution is -0.270. The predicted octanol–water partition coefficient (Wildman–Crippen LogP) is 2.65. The number of esters is 1. The number of rotatable bonds is 5. The lowest BCUT2D eigenvalue weighted by atomic mass is 9.49. The Balaban J connectivity index is 1.52. The molecule has 2 heterocycles. The van der Waals surface area contributed by atoms with Crippen molar-refractivity contribution in [3.63, 3.8) is 0 Å². The molecule has 1 aromatic rings. The van der Waals surface area contributed by atoms with Gasteiger partial charge in [0.25, 0.3) is 0 Å². The van der Waals surface area contributed by atoms with Gasteiger partial charge < -0.3 is 24.3 Å². The van der Waals surface area contributed by atoms with Crippen molar-refractivity contribution >= 4 is 5.97 Å². The van der Waals surface area contributed by atoms with Crippen LogP contribution in [0.25, 0.3) is 0 Å². The fourth-order valence-electron chi connectivity index (χ4n) is 5.88. The van der Waals surface area contributed by atoms with E-state index >= 15 is 0 Å². The minimum atomic E-state index is -0.957. The summed E-state index contributed by atoms with van der Waals surface area (Å²) in [6.45, 7) is 5.26. The minimum Gasteiger partial charge on any atom is -0.468 e. The molecule has 4 rings (SSSR count). The molecule has 2 saturated carbocycles. The summed E-state index contributed by atoms with van der Waals surface area (Å²) in [6.07, 6.45) is 5.56. The van der Waals surface area contributed by atoms with Crippen LogP contribution in [0.5, 0.6) is 0 Å². The van der Waals surface area contributed by atoms with E-state index in [1.54, 1.807) is 13.4 Å². The number of carbonyl (C=O) groups excluding carboxylic acids is 1. The van der Waals surface area contributed by atoms with Gasteiger partial charge in [-0.15, -0.1) is 0 Å². The van der Waals surface area contributed by atoms with Gasteiger partial charge >= 0.3 is 5.97 Å². The van der Waals surface area contributed by atoms with Gasteiger partial charge in [-0.2, -0.15) is 0 Å². The third-order valence-corrected chi connectivity index (χ3v) is 7.70. The first-order chi connectivity index (χ1) is 12.8. The molecule has 1 saturated heterocycles. The van der Waals surface area contributed by atoms with Gasteiger partial charge in [-0.3, -0.25) is 4.79 Å². The Labute approximate surface area is 160 Å². The molecule has 3 fully saturated rings. The summed E-state index contributed by atoms with van der Waals surface area (Å²) < 4.78 is 17.0. The molecule has 1 aromatic heterocycles. The Hall–Kier alpha value is -1.37. The van der Waals surface area contributed by atoms with E-state index in [4.69, 9.17) is 13.9 Å². The maximum absolute atomic E-state index is 12.6. The highest BCUT2D eigenvalue weighted by Crippen LogP contribution is 2.61. The van der Waals surface area contributed by atoms with Crippen molar-refractivity contribution < 1.29 is 23.8 Å². The van der Waals surface area contributed by atoms with Gasteiger partial charge in [0.1, 0.15) is 11.9 Å². The Morgan fingerprint density at radius 1 is 1.33 bits per heavy atom. The zero-order valence-electron chi connectivity index (χ0n) is 16.5. The van der Waals surface area contributed by atoms with E-state index in [-0.39, 0.29) is 29.3 Å². The van der Waals surface area contributed by atoms with Crippen LogP contribution < -0.4 is 5.32 Å². The fraction of sp³-hybridized carbons (Fsp3) is 0.762. The largest absolute Gasteiger partial charge is 0.468 e. The second kappa shape index (κ2) is 6.61. The molecule has 6 nitrogen and oxygen atoms in total.